The van der Waals surface area contributed by atoms with E-state index >= 15 is 0 Å². The van der Waals surface area contributed by atoms with E-state index in [1.54, 1.807) is 0 Å². The van der Waals surface area contributed by atoms with E-state index in [-0.39, 0.29) is 5.41 Å². The summed E-state index contributed by atoms with van der Waals surface area (Å²) < 4.78 is 2.59. The first-order valence-electron chi connectivity index (χ1n) is 15.7. The molecule has 1 spiro atoms. The number of rotatable bonds is 3. The second-order valence-corrected chi connectivity index (χ2v) is 14.2. The summed E-state index contributed by atoms with van der Waals surface area (Å²) in [6, 6.07) is 58.1. The summed E-state index contributed by atoms with van der Waals surface area (Å²) in [6.07, 6.45) is 0. The summed E-state index contributed by atoms with van der Waals surface area (Å²) >= 11 is 3.75. The van der Waals surface area contributed by atoms with Crippen molar-refractivity contribution in [2.45, 2.75) is 15.2 Å². The van der Waals surface area contributed by atoms with Crippen LogP contribution in [0.25, 0.3) is 42.4 Å². The Morgan fingerprint density at radius 1 is 0.478 bits per heavy atom. The van der Waals surface area contributed by atoms with Crippen molar-refractivity contribution in [3.05, 3.63) is 180 Å². The average molecular weight is 622 g/mol. The van der Waals surface area contributed by atoms with Crippen LogP contribution in [0.5, 0.6) is 0 Å². The Bertz CT molecular complexity index is 2440. The smallest absolute Gasteiger partial charge is 0.0735 e. The molecule has 1 N–H and O–H groups in total. The predicted molar refractivity (Wildman–Crippen MR) is 196 cm³/mol. The summed E-state index contributed by atoms with van der Waals surface area (Å²) in [5.41, 5.74) is 12.6. The molecule has 1 aliphatic carbocycles. The average Bonchev–Trinajstić information content (AvgIpc) is 3.64. The third-order valence-electron chi connectivity index (χ3n) is 9.74. The van der Waals surface area contributed by atoms with Crippen LogP contribution in [-0.4, -0.2) is 0 Å². The van der Waals surface area contributed by atoms with Crippen molar-refractivity contribution >= 4 is 54.6 Å². The minimum Gasteiger partial charge on any atom is -0.354 e. The Kier molecular flexibility index (Phi) is 5.66. The van der Waals surface area contributed by atoms with E-state index in [0.717, 1.165) is 11.4 Å². The highest BCUT2D eigenvalue weighted by molar-refractivity contribution is 7.99. The van der Waals surface area contributed by atoms with Gasteiger partial charge < -0.3 is 5.32 Å². The van der Waals surface area contributed by atoms with Gasteiger partial charge in [-0.05, 0) is 74.8 Å². The lowest BCUT2D eigenvalue weighted by molar-refractivity contribution is 0.722. The first-order chi connectivity index (χ1) is 22.8. The Hall–Kier alpha value is -5.09. The van der Waals surface area contributed by atoms with E-state index in [0.29, 0.717) is 0 Å². The van der Waals surface area contributed by atoms with Crippen molar-refractivity contribution in [1.82, 2.24) is 0 Å². The van der Waals surface area contributed by atoms with Crippen molar-refractivity contribution in [2.24, 2.45) is 0 Å². The van der Waals surface area contributed by atoms with Gasteiger partial charge in [0, 0.05) is 31.0 Å². The Balaban J connectivity index is 1.14. The summed E-state index contributed by atoms with van der Waals surface area (Å²) in [5, 5.41) is 6.48. The van der Waals surface area contributed by atoms with Crippen molar-refractivity contribution in [3.63, 3.8) is 0 Å². The Morgan fingerprint density at radius 3 is 1.93 bits per heavy atom. The molecule has 8 aromatic rings. The molecule has 216 valence electrons. The highest BCUT2D eigenvalue weighted by atomic mass is 32.2. The maximum Gasteiger partial charge on any atom is 0.0735 e. The molecule has 3 heteroatoms. The van der Waals surface area contributed by atoms with E-state index in [2.05, 4.69) is 163 Å². The van der Waals surface area contributed by atoms with Crippen LogP contribution in [0.15, 0.2) is 168 Å². The molecule has 0 amide bonds. The lowest BCUT2D eigenvalue weighted by Crippen LogP contribution is -2.31. The van der Waals surface area contributed by atoms with Gasteiger partial charge >= 0.3 is 0 Å². The Morgan fingerprint density at radius 2 is 1.13 bits per heavy atom. The first-order valence-corrected chi connectivity index (χ1v) is 17.3. The van der Waals surface area contributed by atoms with Gasteiger partial charge in [0.1, 0.15) is 0 Å². The number of hydrogen-bond donors (Lipinski definition) is 1. The third kappa shape index (κ3) is 3.58. The van der Waals surface area contributed by atoms with Crippen LogP contribution < -0.4 is 5.32 Å². The normalized spacial score (nSPS) is 13.7. The number of fused-ring (bicyclic) bond motifs is 12. The quantitative estimate of drug-likeness (QED) is 0.211. The standard InChI is InChI=1S/C43H27NS2/c1-2-12-27(13-3-1)29-16-11-23-39-41(29)32-17-10-21-37(42(32)46-39)44-28-24-25-36-40(26-28)45-38-22-9-8-20-35(38)43(36)33-18-6-4-14-30(33)31-15-5-7-19-34(31)43/h1-26,44H. The van der Waals surface area contributed by atoms with Gasteiger partial charge in [0.2, 0.25) is 0 Å². The Labute approximate surface area is 276 Å². The summed E-state index contributed by atoms with van der Waals surface area (Å²) in [7, 11) is 0. The summed E-state index contributed by atoms with van der Waals surface area (Å²) in [6.45, 7) is 0. The third-order valence-corrected chi connectivity index (χ3v) is 12.1. The molecule has 1 aromatic heterocycles. The van der Waals surface area contributed by atoms with Crippen LogP contribution in [0.2, 0.25) is 0 Å². The van der Waals surface area contributed by atoms with Gasteiger partial charge in [-0.15, -0.1) is 11.3 Å². The van der Waals surface area contributed by atoms with Gasteiger partial charge in [-0.3, -0.25) is 0 Å². The lowest BCUT2D eigenvalue weighted by atomic mass is 9.67. The van der Waals surface area contributed by atoms with Crippen molar-refractivity contribution in [3.8, 4) is 22.3 Å². The van der Waals surface area contributed by atoms with Crippen molar-refractivity contribution in [2.75, 3.05) is 5.32 Å². The molecule has 2 aliphatic rings. The van der Waals surface area contributed by atoms with Crippen LogP contribution >= 0.6 is 23.1 Å². The van der Waals surface area contributed by atoms with Gasteiger partial charge in [0.05, 0.1) is 15.8 Å². The highest BCUT2D eigenvalue weighted by Crippen LogP contribution is 2.62. The summed E-state index contributed by atoms with van der Waals surface area (Å²) in [4.78, 5) is 2.61. The van der Waals surface area contributed by atoms with Crippen LogP contribution in [0.1, 0.15) is 22.3 Å². The van der Waals surface area contributed by atoms with E-state index in [9.17, 15) is 0 Å². The molecular formula is C43H27NS2. The van der Waals surface area contributed by atoms with Crippen LogP contribution in [0, 0.1) is 0 Å². The largest absolute Gasteiger partial charge is 0.354 e. The van der Waals surface area contributed by atoms with Gasteiger partial charge in [0.15, 0.2) is 0 Å². The lowest BCUT2D eigenvalue weighted by Gasteiger charge is -2.39. The molecule has 0 radical (unpaired) electrons. The van der Waals surface area contributed by atoms with E-state index in [1.807, 2.05) is 23.1 Å². The molecule has 46 heavy (non-hydrogen) atoms. The molecular weight excluding hydrogens is 595 g/mol. The van der Waals surface area contributed by atoms with Gasteiger partial charge in [0.25, 0.3) is 0 Å². The monoisotopic (exact) mass is 621 g/mol. The van der Waals surface area contributed by atoms with Crippen LogP contribution in [-0.2, 0) is 5.41 Å². The number of thiophene rings is 1. The second kappa shape index (κ2) is 9.95. The van der Waals surface area contributed by atoms with Gasteiger partial charge in [-0.1, -0.05) is 139 Å². The topological polar surface area (TPSA) is 12.0 Å². The molecule has 0 bridgehead atoms. The molecule has 0 saturated carbocycles. The van der Waals surface area contributed by atoms with E-state index < -0.39 is 0 Å². The molecule has 10 rings (SSSR count). The fraction of sp³-hybridized carbons (Fsp3) is 0.0233. The number of anilines is 2. The number of benzene rings is 7. The van der Waals surface area contributed by atoms with E-state index in [4.69, 9.17) is 0 Å². The minimum atomic E-state index is -0.345. The van der Waals surface area contributed by atoms with Gasteiger partial charge in [-0.25, -0.2) is 0 Å². The highest BCUT2D eigenvalue weighted by Gasteiger charge is 2.49. The maximum atomic E-state index is 3.86. The molecule has 7 aromatic carbocycles. The fourth-order valence-corrected chi connectivity index (χ4v) is 10.3. The second-order valence-electron chi connectivity index (χ2n) is 12.1. The molecule has 2 heterocycles. The zero-order valence-corrected chi connectivity index (χ0v) is 26.5. The van der Waals surface area contributed by atoms with Crippen molar-refractivity contribution < 1.29 is 0 Å². The number of nitrogens with one attached hydrogen (secondary N) is 1. The zero-order chi connectivity index (χ0) is 30.2. The predicted octanol–water partition coefficient (Wildman–Crippen LogP) is 12.3. The maximum absolute atomic E-state index is 3.86. The fourth-order valence-electron chi connectivity index (χ4n) is 7.90. The molecule has 1 nitrogen and oxygen atoms in total. The zero-order valence-electron chi connectivity index (χ0n) is 24.8. The molecule has 0 atom stereocenters. The molecule has 1 aliphatic heterocycles. The molecule has 0 saturated heterocycles. The van der Waals surface area contributed by atoms with Gasteiger partial charge in [-0.2, -0.15) is 0 Å². The molecule has 0 unspecified atom stereocenters. The SMILES string of the molecule is c1ccc(-c2cccc3sc4c(Nc5ccc6c(c5)Sc5ccccc5C65c6ccccc6-c6ccccc65)cccc4c23)cc1. The molecule has 0 fully saturated rings. The minimum absolute atomic E-state index is 0.345. The summed E-state index contributed by atoms with van der Waals surface area (Å²) in [5.74, 6) is 0. The number of hydrogen-bond acceptors (Lipinski definition) is 3. The van der Waals surface area contributed by atoms with E-state index in [1.165, 1.54) is 74.5 Å². The van der Waals surface area contributed by atoms with Crippen LogP contribution in [0.3, 0.4) is 0 Å². The van der Waals surface area contributed by atoms with Crippen molar-refractivity contribution in [1.29, 1.82) is 0 Å². The first kappa shape index (κ1) is 26.2. The van der Waals surface area contributed by atoms with Crippen LogP contribution in [0.4, 0.5) is 11.4 Å².